The highest BCUT2D eigenvalue weighted by Gasteiger charge is 1.93. The van der Waals surface area contributed by atoms with Gasteiger partial charge < -0.3 is 10.1 Å². The average molecular weight is 192 g/mol. The van der Waals surface area contributed by atoms with Crippen molar-refractivity contribution in [1.82, 2.24) is 4.98 Å². The van der Waals surface area contributed by atoms with Crippen molar-refractivity contribution in [3.8, 4) is 5.75 Å². The SMILES string of the molecule is C/C=C/CCNc1ccc(OC)cn1. The van der Waals surface area contributed by atoms with Gasteiger partial charge in [0.1, 0.15) is 11.6 Å². The van der Waals surface area contributed by atoms with Gasteiger partial charge in [-0.25, -0.2) is 4.98 Å². The molecule has 0 saturated carbocycles. The number of ether oxygens (including phenoxy) is 1. The fraction of sp³-hybridized carbons (Fsp3) is 0.364. The molecule has 0 amide bonds. The Hall–Kier alpha value is -1.51. The van der Waals surface area contributed by atoms with Gasteiger partial charge in [0.15, 0.2) is 0 Å². The largest absolute Gasteiger partial charge is 0.495 e. The lowest BCUT2D eigenvalue weighted by atomic mass is 10.3. The highest BCUT2D eigenvalue weighted by molar-refractivity contribution is 5.37. The smallest absolute Gasteiger partial charge is 0.137 e. The van der Waals surface area contributed by atoms with Gasteiger partial charge in [0, 0.05) is 6.54 Å². The number of pyridine rings is 1. The first-order valence-electron chi connectivity index (χ1n) is 4.72. The van der Waals surface area contributed by atoms with Crippen LogP contribution in [0.5, 0.6) is 5.75 Å². The van der Waals surface area contributed by atoms with E-state index in [4.69, 9.17) is 4.74 Å². The Balaban J connectivity index is 2.36. The van der Waals surface area contributed by atoms with Gasteiger partial charge in [-0.15, -0.1) is 0 Å². The number of aromatic nitrogens is 1. The zero-order chi connectivity index (χ0) is 10.2. The minimum Gasteiger partial charge on any atom is -0.495 e. The molecule has 0 unspecified atom stereocenters. The van der Waals surface area contributed by atoms with Crippen LogP contribution in [0.2, 0.25) is 0 Å². The fourth-order valence-electron chi connectivity index (χ4n) is 1.06. The predicted molar refractivity (Wildman–Crippen MR) is 58.7 cm³/mol. The van der Waals surface area contributed by atoms with Crippen molar-refractivity contribution in [2.75, 3.05) is 19.0 Å². The third-order valence-corrected chi connectivity index (χ3v) is 1.82. The highest BCUT2D eigenvalue weighted by Crippen LogP contribution is 2.10. The van der Waals surface area contributed by atoms with Gasteiger partial charge in [0.05, 0.1) is 13.3 Å². The van der Waals surface area contributed by atoms with Crippen molar-refractivity contribution in [3.63, 3.8) is 0 Å². The third-order valence-electron chi connectivity index (χ3n) is 1.82. The van der Waals surface area contributed by atoms with Crippen molar-refractivity contribution in [3.05, 3.63) is 30.5 Å². The molecule has 1 rings (SSSR count). The summed E-state index contributed by atoms with van der Waals surface area (Å²) < 4.78 is 5.01. The third kappa shape index (κ3) is 3.47. The number of anilines is 1. The minimum atomic E-state index is 0.781. The number of hydrogen-bond donors (Lipinski definition) is 1. The van der Waals surface area contributed by atoms with Crippen molar-refractivity contribution in [1.29, 1.82) is 0 Å². The number of nitrogens with one attached hydrogen (secondary N) is 1. The first-order chi connectivity index (χ1) is 6.86. The van der Waals surface area contributed by atoms with Crippen LogP contribution in [0.15, 0.2) is 30.5 Å². The van der Waals surface area contributed by atoms with E-state index in [2.05, 4.69) is 16.4 Å². The summed E-state index contributed by atoms with van der Waals surface area (Å²) in [4.78, 5) is 4.19. The van der Waals surface area contributed by atoms with E-state index in [1.165, 1.54) is 0 Å². The van der Waals surface area contributed by atoms with Crippen LogP contribution >= 0.6 is 0 Å². The van der Waals surface area contributed by atoms with E-state index in [1.807, 2.05) is 25.1 Å². The van der Waals surface area contributed by atoms with E-state index >= 15 is 0 Å². The van der Waals surface area contributed by atoms with Crippen LogP contribution in [-0.2, 0) is 0 Å². The highest BCUT2D eigenvalue weighted by atomic mass is 16.5. The molecule has 1 N–H and O–H groups in total. The van der Waals surface area contributed by atoms with Gasteiger partial charge in [-0.3, -0.25) is 0 Å². The molecular weight excluding hydrogens is 176 g/mol. The summed E-state index contributed by atoms with van der Waals surface area (Å²) in [6.45, 7) is 2.93. The molecule has 0 fully saturated rings. The summed E-state index contributed by atoms with van der Waals surface area (Å²) in [5.41, 5.74) is 0. The van der Waals surface area contributed by atoms with Crippen molar-refractivity contribution in [2.24, 2.45) is 0 Å². The van der Waals surface area contributed by atoms with Crippen molar-refractivity contribution >= 4 is 5.82 Å². The van der Waals surface area contributed by atoms with Gasteiger partial charge in [-0.2, -0.15) is 0 Å². The Bertz CT molecular complexity index is 280. The van der Waals surface area contributed by atoms with E-state index in [0.717, 1.165) is 24.5 Å². The normalized spacial score (nSPS) is 10.4. The second-order valence-corrected chi connectivity index (χ2v) is 2.87. The number of rotatable bonds is 5. The van der Waals surface area contributed by atoms with Gasteiger partial charge in [0.2, 0.25) is 0 Å². The van der Waals surface area contributed by atoms with Crippen LogP contribution in [-0.4, -0.2) is 18.6 Å². The summed E-state index contributed by atoms with van der Waals surface area (Å²) in [7, 11) is 1.64. The van der Waals surface area contributed by atoms with Crippen LogP contribution in [0.4, 0.5) is 5.82 Å². The number of methoxy groups -OCH3 is 1. The fourth-order valence-corrected chi connectivity index (χ4v) is 1.06. The Morgan fingerprint density at radius 2 is 2.36 bits per heavy atom. The first kappa shape index (κ1) is 10.6. The molecule has 1 aromatic rings. The van der Waals surface area contributed by atoms with Crippen molar-refractivity contribution < 1.29 is 4.74 Å². The summed E-state index contributed by atoms with van der Waals surface area (Å²) in [6.07, 6.45) is 6.89. The maximum Gasteiger partial charge on any atom is 0.137 e. The van der Waals surface area contributed by atoms with Gasteiger partial charge >= 0.3 is 0 Å². The average Bonchev–Trinajstić information content (AvgIpc) is 2.25. The van der Waals surface area contributed by atoms with Crippen LogP contribution in [0.25, 0.3) is 0 Å². The Labute approximate surface area is 84.8 Å². The summed E-state index contributed by atoms with van der Waals surface area (Å²) >= 11 is 0. The van der Waals surface area contributed by atoms with E-state index < -0.39 is 0 Å². The molecule has 0 saturated heterocycles. The maximum atomic E-state index is 5.01. The van der Waals surface area contributed by atoms with Gasteiger partial charge in [-0.1, -0.05) is 12.2 Å². The van der Waals surface area contributed by atoms with Crippen molar-refractivity contribution in [2.45, 2.75) is 13.3 Å². The van der Waals surface area contributed by atoms with Gasteiger partial charge in [0.25, 0.3) is 0 Å². The lowest BCUT2D eigenvalue weighted by Crippen LogP contribution is -2.01. The van der Waals surface area contributed by atoms with Crippen LogP contribution in [0.3, 0.4) is 0 Å². The van der Waals surface area contributed by atoms with E-state index in [1.54, 1.807) is 13.3 Å². The topological polar surface area (TPSA) is 34.1 Å². The second-order valence-electron chi connectivity index (χ2n) is 2.87. The molecule has 0 radical (unpaired) electrons. The molecule has 0 bridgehead atoms. The molecule has 14 heavy (non-hydrogen) atoms. The Morgan fingerprint density at radius 1 is 1.50 bits per heavy atom. The molecule has 1 heterocycles. The van der Waals surface area contributed by atoms with E-state index in [9.17, 15) is 0 Å². The van der Waals surface area contributed by atoms with E-state index in [-0.39, 0.29) is 0 Å². The molecule has 0 spiro atoms. The Kier molecular flexibility index (Phi) is 4.55. The number of allylic oxidation sites excluding steroid dienone is 1. The van der Waals surface area contributed by atoms with Crippen LogP contribution < -0.4 is 10.1 Å². The summed E-state index contributed by atoms with van der Waals surface area (Å²) in [5.74, 6) is 1.67. The molecule has 3 nitrogen and oxygen atoms in total. The lowest BCUT2D eigenvalue weighted by molar-refractivity contribution is 0.413. The molecule has 0 aliphatic rings. The zero-order valence-corrected chi connectivity index (χ0v) is 8.66. The predicted octanol–water partition coefficient (Wildman–Crippen LogP) is 2.47. The first-order valence-corrected chi connectivity index (χ1v) is 4.72. The molecule has 3 heteroatoms. The number of hydrogen-bond acceptors (Lipinski definition) is 3. The Morgan fingerprint density at radius 3 is 2.93 bits per heavy atom. The molecule has 0 aliphatic heterocycles. The summed E-state index contributed by atoms with van der Waals surface area (Å²) in [5, 5.41) is 3.21. The molecular formula is C11H16N2O. The zero-order valence-electron chi connectivity index (χ0n) is 8.66. The summed E-state index contributed by atoms with van der Waals surface area (Å²) in [6, 6.07) is 3.81. The van der Waals surface area contributed by atoms with Gasteiger partial charge in [-0.05, 0) is 25.5 Å². The lowest BCUT2D eigenvalue weighted by Gasteiger charge is -2.04. The standard InChI is InChI=1S/C11H16N2O/c1-3-4-5-8-12-11-7-6-10(14-2)9-13-11/h3-4,6-7,9H,5,8H2,1-2H3,(H,12,13)/b4-3+. The maximum absolute atomic E-state index is 5.01. The molecule has 1 aromatic heterocycles. The number of nitrogens with zero attached hydrogens (tertiary/aromatic N) is 1. The van der Waals surface area contributed by atoms with Crippen LogP contribution in [0, 0.1) is 0 Å². The molecule has 76 valence electrons. The molecule has 0 aliphatic carbocycles. The van der Waals surface area contributed by atoms with E-state index in [0.29, 0.717) is 0 Å². The monoisotopic (exact) mass is 192 g/mol. The molecule has 0 aromatic carbocycles. The molecule has 0 atom stereocenters. The minimum absolute atomic E-state index is 0.781. The second kappa shape index (κ2) is 6.02. The van der Waals surface area contributed by atoms with Crippen LogP contribution in [0.1, 0.15) is 13.3 Å². The quantitative estimate of drug-likeness (QED) is 0.575.